The molecule has 2 aliphatic rings. The highest BCUT2D eigenvalue weighted by Crippen LogP contribution is 2.40. The molecule has 1 heterocycles. The number of ether oxygens (including phenoxy) is 1. The standard InChI is InChI=1S/C15H21NO2/c1-18-11-7-9-16(10-8-11)14-6-5-13-12(14)3-2-4-15(13)17/h2-4,11,14,17H,5-10H2,1H3. The number of hydrogen-bond acceptors (Lipinski definition) is 3. The molecule has 1 aliphatic heterocycles. The average molecular weight is 247 g/mol. The number of benzene rings is 1. The highest BCUT2D eigenvalue weighted by Gasteiger charge is 2.31. The number of phenols is 1. The number of likely N-dealkylation sites (tertiary alicyclic amines) is 1. The van der Waals surface area contributed by atoms with Crippen LogP contribution >= 0.6 is 0 Å². The van der Waals surface area contributed by atoms with Crippen molar-refractivity contribution in [1.82, 2.24) is 4.90 Å². The summed E-state index contributed by atoms with van der Waals surface area (Å²) in [5, 5.41) is 9.89. The van der Waals surface area contributed by atoms with E-state index in [1.165, 1.54) is 5.56 Å². The third-order valence-corrected chi connectivity index (χ3v) is 4.46. The van der Waals surface area contributed by atoms with Gasteiger partial charge in [0.2, 0.25) is 0 Å². The minimum absolute atomic E-state index is 0.436. The molecule has 18 heavy (non-hydrogen) atoms. The molecule has 3 heteroatoms. The minimum Gasteiger partial charge on any atom is -0.508 e. The smallest absolute Gasteiger partial charge is 0.119 e. The fourth-order valence-electron chi connectivity index (χ4n) is 3.42. The minimum atomic E-state index is 0.436. The Morgan fingerprint density at radius 3 is 2.72 bits per heavy atom. The predicted octanol–water partition coefficient (Wildman–Crippen LogP) is 2.49. The second-order valence-electron chi connectivity index (χ2n) is 5.37. The Kier molecular flexibility index (Phi) is 3.27. The van der Waals surface area contributed by atoms with Crippen molar-refractivity contribution in [2.24, 2.45) is 0 Å². The van der Waals surface area contributed by atoms with Crippen molar-refractivity contribution in [2.45, 2.75) is 37.8 Å². The molecule has 0 radical (unpaired) electrons. The van der Waals surface area contributed by atoms with Crippen molar-refractivity contribution < 1.29 is 9.84 Å². The van der Waals surface area contributed by atoms with Crippen molar-refractivity contribution in [2.75, 3.05) is 20.2 Å². The molecule has 1 saturated heterocycles. The lowest BCUT2D eigenvalue weighted by atomic mass is 10.0. The van der Waals surface area contributed by atoms with Crippen LogP contribution in [0.4, 0.5) is 0 Å². The van der Waals surface area contributed by atoms with E-state index in [2.05, 4.69) is 11.0 Å². The van der Waals surface area contributed by atoms with Gasteiger partial charge >= 0.3 is 0 Å². The molecule has 1 fully saturated rings. The Balaban J connectivity index is 1.75. The van der Waals surface area contributed by atoms with Gasteiger partial charge in [0.25, 0.3) is 0 Å². The normalized spacial score (nSPS) is 25.3. The number of fused-ring (bicyclic) bond motifs is 1. The van der Waals surface area contributed by atoms with Crippen LogP contribution < -0.4 is 0 Å². The number of aromatic hydroxyl groups is 1. The van der Waals surface area contributed by atoms with Crippen LogP contribution in [0, 0.1) is 0 Å². The second-order valence-corrected chi connectivity index (χ2v) is 5.37. The van der Waals surface area contributed by atoms with Crippen LogP contribution in [-0.2, 0) is 11.2 Å². The summed E-state index contributed by atoms with van der Waals surface area (Å²) < 4.78 is 5.42. The van der Waals surface area contributed by atoms with Crippen LogP contribution in [0.5, 0.6) is 5.75 Å². The van der Waals surface area contributed by atoms with E-state index in [4.69, 9.17) is 4.74 Å². The van der Waals surface area contributed by atoms with Crippen LogP contribution in [0.25, 0.3) is 0 Å². The summed E-state index contributed by atoms with van der Waals surface area (Å²) in [5.41, 5.74) is 2.50. The molecular formula is C15H21NO2. The van der Waals surface area contributed by atoms with Crippen LogP contribution in [0.3, 0.4) is 0 Å². The second kappa shape index (κ2) is 4.90. The number of rotatable bonds is 2. The molecule has 0 aromatic heterocycles. The maximum Gasteiger partial charge on any atom is 0.119 e. The number of methoxy groups -OCH3 is 1. The van der Waals surface area contributed by atoms with Crippen LogP contribution in [0.2, 0.25) is 0 Å². The van der Waals surface area contributed by atoms with Gasteiger partial charge in [-0.2, -0.15) is 0 Å². The Hall–Kier alpha value is -1.06. The molecule has 0 bridgehead atoms. The van der Waals surface area contributed by atoms with Gasteiger partial charge in [-0.1, -0.05) is 12.1 Å². The van der Waals surface area contributed by atoms with Gasteiger partial charge in [-0.25, -0.2) is 0 Å². The van der Waals surface area contributed by atoms with Crippen LogP contribution in [0.15, 0.2) is 18.2 Å². The van der Waals surface area contributed by atoms with Gasteiger partial charge in [-0.05, 0) is 42.9 Å². The summed E-state index contributed by atoms with van der Waals surface area (Å²) in [7, 11) is 1.81. The highest BCUT2D eigenvalue weighted by molar-refractivity contribution is 5.44. The molecular weight excluding hydrogens is 226 g/mol. The predicted molar refractivity (Wildman–Crippen MR) is 70.8 cm³/mol. The van der Waals surface area contributed by atoms with Gasteiger partial charge in [0.05, 0.1) is 6.10 Å². The maximum absolute atomic E-state index is 9.89. The molecule has 1 unspecified atom stereocenters. The molecule has 3 nitrogen and oxygen atoms in total. The van der Waals surface area contributed by atoms with Crippen LogP contribution in [0.1, 0.15) is 36.4 Å². The van der Waals surface area contributed by atoms with E-state index in [1.54, 1.807) is 6.07 Å². The Morgan fingerprint density at radius 1 is 1.22 bits per heavy atom. The first-order valence-corrected chi connectivity index (χ1v) is 6.87. The number of hydrogen-bond donors (Lipinski definition) is 1. The Labute approximate surface area is 108 Å². The molecule has 1 aromatic carbocycles. The summed E-state index contributed by atoms with van der Waals surface area (Å²) in [6, 6.07) is 6.45. The Bertz CT molecular complexity index is 425. The number of piperidine rings is 1. The molecule has 1 aromatic rings. The molecule has 0 spiro atoms. The van der Waals surface area contributed by atoms with E-state index < -0.39 is 0 Å². The summed E-state index contributed by atoms with van der Waals surface area (Å²) in [6.07, 6.45) is 4.84. The van der Waals surface area contributed by atoms with Crippen molar-refractivity contribution in [1.29, 1.82) is 0 Å². The lowest BCUT2D eigenvalue weighted by molar-refractivity contribution is 0.0270. The van der Waals surface area contributed by atoms with Crippen molar-refractivity contribution >= 4 is 0 Å². The fourth-order valence-corrected chi connectivity index (χ4v) is 3.42. The third kappa shape index (κ3) is 2.02. The summed E-state index contributed by atoms with van der Waals surface area (Å²) in [6.45, 7) is 2.22. The lowest BCUT2D eigenvalue weighted by Gasteiger charge is -2.35. The van der Waals surface area contributed by atoms with E-state index in [1.807, 2.05) is 13.2 Å². The molecule has 0 saturated carbocycles. The van der Waals surface area contributed by atoms with Gasteiger partial charge in [-0.3, -0.25) is 4.90 Å². The van der Waals surface area contributed by atoms with Crippen molar-refractivity contribution in [3.8, 4) is 5.75 Å². The number of phenolic OH excluding ortho intramolecular Hbond substituents is 1. The first-order valence-electron chi connectivity index (χ1n) is 6.87. The summed E-state index contributed by atoms with van der Waals surface area (Å²) in [4.78, 5) is 2.56. The zero-order chi connectivity index (χ0) is 12.5. The number of nitrogens with zero attached hydrogens (tertiary/aromatic N) is 1. The van der Waals surface area contributed by atoms with Crippen LogP contribution in [-0.4, -0.2) is 36.3 Å². The first kappa shape index (κ1) is 12.0. The van der Waals surface area contributed by atoms with Crippen molar-refractivity contribution in [3.05, 3.63) is 29.3 Å². The lowest BCUT2D eigenvalue weighted by Crippen LogP contribution is -2.38. The SMILES string of the molecule is COC1CCN(C2CCc3c(O)cccc32)CC1. The largest absolute Gasteiger partial charge is 0.508 e. The van der Waals surface area contributed by atoms with E-state index >= 15 is 0 Å². The summed E-state index contributed by atoms with van der Waals surface area (Å²) >= 11 is 0. The molecule has 98 valence electrons. The third-order valence-electron chi connectivity index (χ3n) is 4.46. The molecule has 3 rings (SSSR count). The molecule has 1 N–H and O–H groups in total. The quantitative estimate of drug-likeness (QED) is 0.871. The van der Waals surface area contributed by atoms with Gasteiger partial charge < -0.3 is 9.84 Å². The zero-order valence-electron chi connectivity index (χ0n) is 10.9. The Morgan fingerprint density at radius 2 is 2.00 bits per heavy atom. The molecule has 0 amide bonds. The zero-order valence-corrected chi connectivity index (χ0v) is 10.9. The van der Waals surface area contributed by atoms with E-state index in [9.17, 15) is 5.11 Å². The van der Waals surface area contributed by atoms with Gasteiger partial charge in [0.1, 0.15) is 5.75 Å². The first-order chi connectivity index (χ1) is 8.79. The fraction of sp³-hybridized carbons (Fsp3) is 0.600. The highest BCUT2D eigenvalue weighted by atomic mass is 16.5. The van der Waals surface area contributed by atoms with Gasteiger partial charge in [-0.15, -0.1) is 0 Å². The maximum atomic E-state index is 9.89. The average Bonchev–Trinajstić information content (AvgIpc) is 2.84. The molecule has 1 aliphatic carbocycles. The van der Waals surface area contributed by atoms with E-state index in [0.29, 0.717) is 17.9 Å². The van der Waals surface area contributed by atoms with Gasteiger partial charge in [0.15, 0.2) is 0 Å². The van der Waals surface area contributed by atoms with E-state index in [0.717, 1.165) is 44.3 Å². The van der Waals surface area contributed by atoms with Gasteiger partial charge in [0, 0.05) is 26.2 Å². The monoisotopic (exact) mass is 247 g/mol. The van der Waals surface area contributed by atoms with Crippen molar-refractivity contribution in [3.63, 3.8) is 0 Å². The topological polar surface area (TPSA) is 32.7 Å². The summed E-state index contributed by atoms with van der Waals surface area (Å²) in [5.74, 6) is 0.474. The molecule has 1 atom stereocenters. The van der Waals surface area contributed by atoms with E-state index in [-0.39, 0.29) is 0 Å².